The van der Waals surface area contributed by atoms with Crippen LogP contribution in [-0.4, -0.2) is 38.5 Å². The lowest BCUT2D eigenvalue weighted by atomic mass is 10.1. The van der Waals surface area contributed by atoms with E-state index in [1.165, 1.54) is 6.42 Å². The van der Waals surface area contributed by atoms with Crippen LogP contribution in [0.2, 0.25) is 0 Å². The van der Waals surface area contributed by atoms with Crippen LogP contribution in [0.15, 0.2) is 39.0 Å². The van der Waals surface area contributed by atoms with Crippen LogP contribution in [0.5, 0.6) is 5.88 Å². The van der Waals surface area contributed by atoms with E-state index in [-0.39, 0.29) is 5.56 Å². The van der Waals surface area contributed by atoms with E-state index < -0.39 is 17.1 Å². The van der Waals surface area contributed by atoms with Gasteiger partial charge in [-0.1, -0.05) is 17.7 Å². The second kappa shape index (κ2) is 6.96. The third kappa shape index (κ3) is 3.50. The highest BCUT2D eigenvalue weighted by Crippen LogP contribution is 2.18. The number of aromatic hydroxyl groups is 1. The summed E-state index contributed by atoms with van der Waals surface area (Å²) in [6.45, 7) is 5.25. The summed E-state index contributed by atoms with van der Waals surface area (Å²) in [5.41, 5.74) is 0.609. The number of H-pyrrole nitrogens is 1. The molecule has 0 radical (unpaired) electrons. The van der Waals surface area contributed by atoms with E-state index in [9.17, 15) is 14.7 Å². The van der Waals surface area contributed by atoms with Gasteiger partial charge in [0.05, 0.1) is 11.4 Å². The molecule has 25 heavy (non-hydrogen) atoms. The molecular weight excluding hydrogens is 320 g/mol. The number of aromatic amines is 1. The van der Waals surface area contributed by atoms with Crippen LogP contribution in [0.3, 0.4) is 0 Å². The summed E-state index contributed by atoms with van der Waals surface area (Å²) < 4.78 is 1.09. The number of nitrogens with one attached hydrogen (secondary N) is 1. The Kier molecular flexibility index (Phi) is 4.74. The van der Waals surface area contributed by atoms with E-state index in [1.807, 2.05) is 24.1 Å². The maximum atomic E-state index is 12.3. The molecule has 1 saturated heterocycles. The Morgan fingerprint density at radius 1 is 1.12 bits per heavy atom. The molecule has 1 aliphatic rings. The van der Waals surface area contributed by atoms with Gasteiger partial charge < -0.3 is 5.11 Å². The lowest BCUT2D eigenvalue weighted by molar-refractivity contribution is 0.239. The molecule has 0 spiro atoms. The molecule has 0 bridgehead atoms. The first-order valence-corrected chi connectivity index (χ1v) is 8.43. The SMILES string of the molecule is C/C(=N\N1CCCCC1)c1c(O)n(-c2ccc(C)cc2)c(=O)[nH]c1=O. The summed E-state index contributed by atoms with van der Waals surface area (Å²) in [6.07, 6.45) is 3.29. The van der Waals surface area contributed by atoms with Gasteiger partial charge in [-0.25, -0.2) is 9.36 Å². The van der Waals surface area contributed by atoms with Crippen LogP contribution >= 0.6 is 0 Å². The summed E-state index contributed by atoms with van der Waals surface area (Å²) in [7, 11) is 0. The maximum absolute atomic E-state index is 12.3. The topological polar surface area (TPSA) is 90.7 Å². The Hall–Kier alpha value is -2.83. The lowest BCUT2D eigenvalue weighted by Gasteiger charge is -2.24. The number of aryl methyl sites for hydroxylation is 1. The number of aromatic nitrogens is 2. The third-order valence-corrected chi connectivity index (χ3v) is 4.36. The Morgan fingerprint density at radius 3 is 2.40 bits per heavy atom. The monoisotopic (exact) mass is 342 g/mol. The van der Waals surface area contributed by atoms with Gasteiger partial charge in [0.1, 0.15) is 5.56 Å². The van der Waals surface area contributed by atoms with Gasteiger partial charge in [-0.3, -0.25) is 14.8 Å². The van der Waals surface area contributed by atoms with E-state index in [4.69, 9.17) is 0 Å². The summed E-state index contributed by atoms with van der Waals surface area (Å²) in [5.74, 6) is -0.393. The van der Waals surface area contributed by atoms with Crippen LogP contribution in [0.4, 0.5) is 0 Å². The molecule has 1 fully saturated rings. The molecule has 3 rings (SSSR count). The Morgan fingerprint density at radius 2 is 1.76 bits per heavy atom. The van der Waals surface area contributed by atoms with E-state index in [1.54, 1.807) is 19.1 Å². The highest BCUT2D eigenvalue weighted by Gasteiger charge is 2.19. The molecule has 132 valence electrons. The van der Waals surface area contributed by atoms with Crippen molar-refractivity contribution in [1.29, 1.82) is 0 Å². The first-order chi connectivity index (χ1) is 12.0. The highest BCUT2D eigenvalue weighted by atomic mass is 16.3. The van der Waals surface area contributed by atoms with Crippen molar-refractivity contribution in [3.63, 3.8) is 0 Å². The molecule has 0 aliphatic carbocycles. The summed E-state index contributed by atoms with van der Waals surface area (Å²) in [5, 5.41) is 17.0. The standard InChI is InChI=1S/C18H22N4O3/c1-12-6-8-14(9-7-12)22-17(24)15(16(23)19-18(22)25)13(2)20-21-10-4-3-5-11-21/h6-9,24H,3-5,10-11H2,1-2H3,(H,19,23,25)/b20-13+. The predicted molar refractivity (Wildman–Crippen MR) is 96.7 cm³/mol. The van der Waals surface area contributed by atoms with Crippen molar-refractivity contribution in [2.45, 2.75) is 33.1 Å². The minimum Gasteiger partial charge on any atom is -0.493 e. The fourth-order valence-electron chi connectivity index (χ4n) is 3.02. The Balaban J connectivity index is 2.09. The van der Waals surface area contributed by atoms with Gasteiger partial charge in [0, 0.05) is 13.1 Å². The van der Waals surface area contributed by atoms with E-state index in [0.29, 0.717) is 11.4 Å². The fourth-order valence-corrected chi connectivity index (χ4v) is 3.02. The molecule has 7 heteroatoms. The Bertz CT molecular complexity index is 903. The van der Waals surface area contributed by atoms with Crippen molar-refractivity contribution in [3.8, 4) is 11.6 Å². The van der Waals surface area contributed by atoms with Crippen LogP contribution < -0.4 is 11.2 Å². The zero-order chi connectivity index (χ0) is 18.0. The van der Waals surface area contributed by atoms with Gasteiger partial charge in [0.2, 0.25) is 5.88 Å². The number of piperidine rings is 1. The normalized spacial score (nSPS) is 15.4. The third-order valence-electron chi connectivity index (χ3n) is 4.36. The molecule has 0 atom stereocenters. The first-order valence-electron chi connectivity index (χ1n) is 8.43. The van der Waals surface area contributed by atoms with Crippen molar-refractivity contribution in [2.75, 3.05) is 13.1 Å². The number of benzene rings is 1. The molecule has 1 aromatic carbocycles. The van der Waals surface area contributed by atoms with Crippen molar-refractivity contribution in [1.82, 2.24) is 14.6 Å². The van der Waals surface area contributed by atoms with Gasteiger partial charge in [-0.05, 0) is 45.2 Å². The smallest absolute Gasteiger partial charge is 0.335 e. The highest BCUT2D eigenvalue weighted by molar-refractivity contribution is 6.00. The van der Waals surface area contributed by atoms with Gasteiger partial charge in [-0.2, -0.15) is 5.10 Å². The Labute approximate surface area is 145 Å². The van der Waals surface area contributed by atoms with Crippen molar-refractivity contribution in [3.05, 3.63) is 56.2 Å². The molecule has 2 aromatic rings. The number of hydrogen-bond acceptors (Lipinski definition) is 5. The average Bonchev–Trinajstić information content (AvgIpc) is 2.57. The predicted octanol–water partition coefficient (Wildman–Crippen LogP) is 1.75. The molecular formula is C18H22N4O3. The second-order valence-corrected chi connectivity index (χ2v) is 6.33. The number of nitrogens with zero attached hydrogens (tertiary/aromatic N) is 3. The van der Waals surface area contributed by atoms with Gasteiger partial charge >= 0.3 is 5.69 Å². The summed E-state index contributed by atoms with van der Waals surface area (Å²) >= 11 is 0. The molecule has 2 N–H and O–H groups in total. The lowest BCUT2D eigenvalue weighted by Crippen LogP contribution is -2.34. The molecule has 1 aromatic heterocycles. The van der Waals surface area contributed by atoms with E-state index in [2.05, 4.69) is 10.1 Å². The zero-order valence-corrected chi connectivity index (χ0v) is 14.5. The van der Waals surface area contributed by atoms with Crippen molar-refractivity contribution >= 4 is 5.71 Å². The first kappa shape index (κ1) is 17.0. The molecule has 0 amide bonds. The molecule has 2 heterocycles. The second-order valence-electron chi connectivity index (χ2n) is 6.33. The van der Waals surface area contributed by atoms with Crippen LogP contribution in [-0.2, 0) is 0 Å². The minimum absolute atomic E-state index is 0.0192. The van der Waals surface area contributed by atoms with E-state index >= 15 is 0 Å². The van der Waals surface area contributed by atoms with Crippen LogP contribution in [0.25, 0.3) is 5.69 Å². The number of hydrogen-bond donors (Lipinski definition) is 2. The van der Waals surface area contributed by atoms with Crippen LogP contribution in [0, 0.1) is 6.92 Å². The minimum atomic E-state index is -0.680. The fraction of sp³-hybridized carbons (Fsp3) is 0.389. The van der Waals surface area contributed by atoms with Gasteiger partial charge in [0.15, 0.2) is 0 Å². The number of hydrazone groups is 1. The molecule has 7 nitrogen and oxygen atoms in total. The molecule has 0 unspecified atom stereocenters. The summed E-state index contributed by atoms with van der Waals surface area (Å²) in [4.78, 5) is 26.7. The van der Waals surface area contributed by atoms with Crippen LogP contribution in [0.1, 0.15) is 37.3 Å². The quantitative estimate of drug-likeness (QED) is 0.832. The van der Waals surface area contributed by atoms with Gasteiger partial charge in [0.25, 0.3) is 5.56 Å². The molecule has 1 aliphatic heterocycles. The van der Waals surface area contributed by atoms with Crippen molar-refractivity contribution in [2.24, 2.45) is 5.10 Å². The number of rotatable bonds is 3. The average molecular weight is 342 g/mol. The maximum Gasteiger partial charge on any atom is 0.335 e. The zero-order valence-electron chi connectivity index (χ0n) is 14.5. The van der Waals surface area contributed by atoms with E-state index in [0.717, 1.165) is 36.1 Å². The van der Waals surface area contributed by atoms with Crippen molar-refractivity contribution < 1.29 is 5.11 Å². The molecule has 0 saturated carbocycles. The summed E-state index contributed by atoms with van der Waals surface area (Å²) in [6, 6.07) is 7.10. The largest absolute Gasteiger partial charge is 0.493 e. The van der Waals surface area contributed by atoms with Gasteiger partial charge in [-0.15, -0.1) is 0 Å².